The van der Waals surface area contributed by atoms with Crippen LogP contribution in [0, 0.1) is 10.7 Å². The topological polar surface area (TPSA) is 93.3 Å². The van der Waals surface area contributed by atoms with Gasteiger partial charge in [0.1, 0.15) is 11.6 Å². The Bertz CT molecular complexity index is 1070. The van der Waals surface area contributed by atoms with Crippen LogP contribution >= 0.6 is 0 Å². The molecule has 0 saturated heterocycles. The van der Waals surface area contributed by atoms with Gasteiger partial charge in [0, 0.05) is 28.9 Å². The molecule has 0 aliphatic heterocycles. The highest BCUT2D eigenvalue weighted by molar-refractivity contribution is 5.92. The van der Waals surface area contributed by atoms with E-state index < -0.39 is 5.82 Å². The second kappa shape index (κ2) is 6.08. The summed E-state index contributed by atoms with van der Waals surface area (Å²) in [5, 5.41) is 6.50. The minimum absolute atomic E-state index is 0.0836. The van der Waals surface area contributed by atoms with E-state index in [2.05, 4.69) is 25.4 Å². The highest BCUT2D eigenvalue weighted by atomic mass is 19.1. The van der Waals surface area contributed by atoms with Crippen molar-refractivity contribution in [2.24, 2.45) is 5.18 Å². The SMILES string of the molecule is O=Nc1ccc(-c2nc(Nc3cccnc3)c3ccc(F)cc3n2)o1. The summed E-state index contributed by atoms with van der Waals surface area (Å²) >= 11 is 0. The monoisotopic (exact) mass is 335 g/mol. The summed E-state index contributed by atoms with van der Waals surface area (Å²) in [5.41, 5.74) is 1.11. The van der Waals surface area contributed by atoms with Crippen molar-refractivity contribution in [2.45, 2.75) is 0 Å². The van der Waals surface area contributed by atoms with E-state index in [4.69, 9.17) is 4.42 Å². The number of aromatic nitrogens is 3. The smallest absolute Gasteiger partial charge is 0.261 e. The highest BCUT2D eigenvalue weighted by Gasteiger charge is 2.14. The van der Waals surface area contributed by atoms with E-state index in [9.17, 15) is 9.30 Å². The molecule has 0 amide bonds. The lowest BCUT2D eigenvalue weighted by atomic mass is 10.2. The number of nitroso groups, excluding NO2 is 1. The van der Waals surface area contributed by atoms with Gasteiger partial charge in [-0.2, -0.15) is 0 Å². The summed E-state index contributed by atoms with van der Waals surface area (Å²) in [6.07, 6.45) is 3.29. The van der Waals surface area contributed by atoms with Gasteiger partial charge in [-0.1, -0.05) is 0 Å². The molecule has 0 bridgehead atoms. The highest BCUT2D eigenvalue weighted by Crippen LogP contribution is 2.30. The van der Waals surface area contributed by atoms with Gasteiger partial charge in [0.2, 0.25) is 0 Å². The first-order valence-electron chi connectivity index (χ1n) is 7.31. The third-order valence-corrected chi connectivity index (χ3v) is 3.49. The maximum absolute atomic E-state index is 13.6. The van der Waals surface area contributed by atoms with Gasteiger partial charge in [0.25, 0.3) is 5.88 Å². The summed E-state index contributed by atoms with van der Waals surface area (Å²) in [4.78, 5) is 23.3. The molecule has 7 nitrogen and oxygen atoms in total. The Balaban J connectivity index is 1.88. The van der Waals surface area contributed by atoms with Crippen LogP contribution in [-0.4, -0.2) is 15.0 Å². The number of furan rings is 1. The molecule has 0 aliphatic rings. The molecule has 0 atom stereocenters. The Kier molecular flexibility index (Phi) is 3.62. The third kappa shape index (κ3) is 2.92. The van der Waals surface area contributed by atoms with Crippen LogP contribution in [-0.2, 0) is 0 Å². The number of nitrogens with zero attached hydrogens (tertiary/aromatic N) is 4. The number of hydrogen-bond acceptors (Lipinski definition) is 7. The lowest BCUT2D eigenvalue weighted by molar-refractivity contribution is 0.587. The first-order valence-corrected chi connectivity index (χ1v) is 7.31. The minimum atomic E-state index is -0.417. The average molecular weight is 335 g/mol. The lowest BCUT2D eigenvalue weighted by Crippen LogP contribution is -1.99. The molecule has 0 spiro atoms. The molecule has 1 aromatic carbocycles. The molecule has 3 heterocycles. The Morgan fingerprint density at radius 1 is 1.12 bits per heavy atom. The van der Waals surface area contributed by atoms with Crippen molar-refractivity contribution < 1.29 is 8.81 Å². The molecule has 122 valence electrons. The van der Waals surface area contributed by atoms with Gasteiger partial charge in [-0.05, 0) is 30.3 Å². The normalized spacial score (nSPS) is 10.8. The molecule has 25 heavy (non-hydrogen) atoms. The summed E-state index contributed by atoms with van der Waals surface area (Å²) < 4.78 is 18.9. The second-order valence-corrected chi connectivity index (χ2v) is 5.15. The first-order chi connectivity index (χ1) is 12.2. The van der Waals surface area contributed by atoms with Crippen molar-refractivity contribution >= 4 is 28.3 Å². The molecular weight excluding hydrogens is 325 g/mol. The molecule has 0 unspecified atom stereocenters. The van der Waals surface area contributed by atoms with Gasteiger partial charge in [0.15, 0.2) is 11.6 Å². The maximum Gasteiger partial charge on any atom is 0.261 e. The summed E-state index contributed by atoms with van der Waals surface area (Å²) in [7, 11) is 0. The molecule has 4 aromatic rings. The molecule has 1 N–H and O–H groups in total. The predicted octanol–water partition coefficient (Wildman–Crippen LogP) is 4.57. The minimum Gasteiger partial charge on any atom is -0.432 e. The first kappa shape index (κ1) is 14.9. The van der Waals surface area contributed by atoms with E-state index >= 15 is 0 Å². The standard InChI is InChI=1S/C17H10FN5O2/c18-10-3-4-12-13(8-10)21-17(14-5-6-15(23-24)25-14)22-16(12)20-11-2-1-7-19-9-11/h1-9H,(H,20,21,22). The average Bonchev–Trinajstić information content (AvgIpc) is 3.11. The van der Waals surface area contributed by atoms with Gasteiger partial charge >= 0.3 is 0 Å². The van der Waals surface area contributed by atoms with E-state index in [1.54, 1.807) is 24.5 Å². The number of fused-ring (bicyclic) bond motifs is 1. The van der Waals surface area contributed by atoms with E-state index in [1.807, 2.05) is 6.07 Å². The van der Waals surface area contributed by atoms with Gasteiger partial charge in [-0.15, -0.1) is 4.91 Å². The predicted molar refractivity (Wildman–Crippen MR) is 90.2 cm³/mol. The quantitative estimate of drug-likeness (QED) is 0.549. The summed E-state index contributed by atoms with van der Waals surface area (Å²) in [6.45, 7) is 0. The number of nitrogens with one attached hydrogen (secondary N) is 1. The van der Waals surface area contributed by atoms with Crippen LogP contribution in [0.3, 0.4) is 0 Å². The van der Waals surface area contributed by atoms with E-state index in [0.29, 0.717) is 22.4 Å². The van der Waals surface area contributed by atoms with Crippen LogP contribution < -0.4 is 5.32 Å². The van der Waals surface area contributed by atoms with E-state index in [0.717, 1.165) is 0 Å². The Morgan fingerprint density at radius 3 is 2.80 bits per heavy atom. The molecule has 0 aliphatic carbocycles. The molecule has 4 rings (SSSR count). The molecule has 8 heteroatoms. The maximum atomic E-state index is 13.6. The largest absolute Gasteiger partial charge is 0.432 e. The molecular formula is C17H10FN5O2. The van der Waals surface area contributed by atoms with Crippen LogP contribution in [0.5, 0.6) is 0 Å². The number of benzene rings is 1. The number of pyridine rings is 1. The van der Waals surface area contributed by atoms with Crippen molar-refractivity contribution in [1.29, 1.82) is 0 Å². The van der Waals surface area contributed by atoms with Gasteiger partial charge < -0.3 is 9.73 Å². The zero-order valence-electron chi connectivity index (χ0n) is 12.7. The number of anilines is 2. The van der Waals surface area contributed by atoms with Crippen molar-refractivity contribution in [3.8, 4) is 11.6 Å². The lowest BCUT2D eigenvalue weighted by Gasteiger charge is -2.10. The summed E-state index contributed by atoms with van der Waals surface area (Å²) in [5.74, 6) is 0.429. The van der Waals surface area contributed by atoms with Crippen LogP contribution in [0.2, 0.25) is 0 Å². The zero-order chi connectivity index (χ0) is 17.2. The van der Waals surface area contributed by atoms with E-state index in [1.165, 1.54) is 24.3 Å². The van der Waals surface area contributed by atoms with Crippen molar-refractivity contribution in [3.63, 3.8) is 0 Å². The molecule has 0 saturated carbocycles. The zero-order valence-corrected chi connectivity index (χ0v) is 12.7. The van der Waals surface area contributed by atoms with Crippen molar-refractivity contribution in [2.75, 3.05) is 5.32 Å². The molecule has 0 radical (unpaired) electrons. The molecule has 0 fully saturated rings. The van der Waals surface area contributed by atoms with Gasteiger partial charge in [-0.25, -0.2) is 14.4 Å². The fraction of sp³-hybridized carbons (Fsp3) is 0. The van der Waals surface area contributed by atoms with Crippen LogP contribution in [0.4, 0.5) is 21.8 Å². The fourth-order valence-corrected chi connectivity index (χ4v) is 2.38. The Labute approximate surface area is 140 Å². The van der Waals surface area contributed by atoms with Gasteiger partial charge in [-0.3, -0.25) is 4.98 Å². The van der Waals surface area contributed by atoms with Crippen LogP contribution in [0.1, 0.15) is 0 Å². The van der Waals surface area contributed by atoms with Crippen molar-refractivity contribution in [3.05, 3.63) is 65.6 Å². The van der Waals surface area contributed by atoms with Gasteiger partial charge in [0.05, 0.1) is 17.4 Å². The Hall–Kier alpha value is -3.68. The van der Waals surface area contributed by atoms with E-state index in [-0.39, 0.29) is 17.5 Å². The fourth-order valence-electron chi connectivity index (χ4n) is 2.38. The van der Waals surface area contributed by atoms with Crippen molar-refractivity contribution in [1.82, 2.24) is 15.0 Å². The number of hydrogen-bond donors (Lipinski definition) is 1. The van der Waals surface area contributed by atoms with Crippen LogP contribution in [0.15, 0.2) is 64.5 Å². The number of halogens is 1. The molecule has 3 aromatic heterocycles. The number of rotatable bonds is 4. The second-order valence-electron chi connectivity index (χ2n) is 5.15. The third-order valence-electron chi connectivity index (χ3n) is 3.49. The Morgan fingerprint density at radius 2 is 2.04 bits per heavy atom. The van der Waals surface area contributed by atoms with Crippen LogP contribution in [0.25, 0.3) is 22.5 Å². The summed E-state index contributed by atoms with van der Waals surface area (Å²) in [6, 6.07) is 10.8.